The van der Waals surface area contributed by atoms with Gasteiger partial charge in [-0.1, -0.05) is 42.1 Å². The van der Waals surface area contributed by atoms with Crippen LogP contribution in [0.2, 0.25) is 0 Å². The van der Waals surface area contributed by atoms with Gasteiger partial charge in [0.1, 0.15) is 0 Å². The number of thioether (sulfide) groups is 1. The highest BCUT2D eigenvalue weighted by Crippen LogP contribution is 2.24. The van der Waals surface area contributed by atoms with Gasteiger partial charge in [0.05, 0.1) is 18.1 Å². The number of ether oxygens (including phenoxy) is 1. The van der Waals surface area contributed by atoms with Crippen molar-refractivity contribution in [3.8, 4) is 0 Å². The molecule has 1 fully saturated rings. The van der Waals surface area contributed by atoms with Crippen LogP contribution in [0.15, 0.2) is 40.0 Å². The standard InChI is InChI=1S/C17H22N2O4S2/c20-25(21)10-7-15(13-25)11-16-18-19-17(23-16)24-9-4-8-22-12-14-5-2-1-3-6-14/h1-3,5-6,15H,4,7-13H2/t15-/m1/s1. The minimum atomic E-state index is -2.86. The van der Waals surface area contributed by atoms with Crippen LogP contribution in [0.4, 0.5) is 0 Å². The fraction of sp³-hybridized carbons (Fsp3) is 0.529. The van der Waals surface area contributed by atoms with Crippen LogP contribution < -0.4 is 0 Å². The van der Waals surface area contributed by atoms with E-state index in [9.17, 15) is 8.42 Å². The summed E-state index contributed by atoms with van der Waals surface area (Å²) in [5, 5.41) is 8.58. The molecule has 3 rings (SSSR count). The fourth-order valence-electron chi connectivity index (χ4n) is 2.74. The van der Waals surface area contributed by atoms with Crippen LogP contribution in [0.25, 0.3) is 0 Å². The molecule has 6 nitrogen and oxygen atoms in total. The van der Waals surface area contributed by atoms with Gasteiger partial charge in [-0.05, 0) is 24.3 Å². The molecule has 1 aliphatic rings. The molecule has 0 saturated carbocycles. The average molecular weight is 383 g/mol. The largest absolute Gasteiger partial charge is 0.416 e. The van der Waals surface area contributed by atoms with Crippen molar-refractivity contribution < 1.29 is 17.6 Å². The molecule has 2 heterocycles. The van der Waals surface area contributed by atoms with E-state index in [1.807, 2.05) is 30.3 Å². The summed E-state index contributed by atoms with van der Waals surface area (Å²) >= 11 is 1.51. The normalized spacial score (nSPS) is 19.3. The summed E-state index contributed by atoms with van der Waals surface area (Å²) in [7, 11) is -2.86. The van der Waals surface area contributed by atoms with Gasteiger partial charge in [-0.15, -0.1) is 10.2 Å². The summed E-state index contributed by atoms with van der Waals surface area (Å²) in [4.78, 5) is 0. The summed E-state index contributed by atoms with van der Waals surface area (Å²) in [6, 6.07) is 10.1. The van der Waals surface area contributed by atoms with Crippen LogP contribution in [-0.2, 0) is 27.6 Å². The Morgan fingerprint density at radius 3 is 2.84 bits per heavy atom. The van der Waals surface area contributed by atoms with Gasteiger partial charge in [-0.3, -0.25) is 0 Å². The topological polar surface area (TPSA) is 82.3 Å². The van der Waals surface area contributed by atoms with E-state index in [-0.39, 0.29) is 17.4 Å². The van der Waals surface area contributed by atoms with Crippen molar-refractivity contribution in [2.75, 3.05) is 23.9 Å². The lowest BCUT2D eigenvalue weighted by Crippen LogP contribution is -2.07. The molecule has 0 aliphatic carbocycles. The van der Waals surface area contributed by atoms with Gasteiger partial charge in [0.25, 0.3) is 5.22 Å². The van der Waals surface area contributed by atoms with E-state index in [4.69, 9.17) is 9.15 Å². The number of benzene rings is 1. The van der Waals surface area contributed by atoms with Crippen LogP contribution in [-0.4, -0.2) is 42.5 Å². The van der Waals surface area contributed by atoms with Crippen molar-refractivity contribution in [1.82, 2.24) is 10.2 Å². The van der Waals surface area contributed by atoms with E-state index in [0.29, 0.717) is 37.2 Å². The molecule has 1 saturated heterocycles. The van der Waals surface area contributed by atoms with Gasteiger partial charge < -0.3 is 9.15 Å². The van der Waals surface area contributed by atoms with Crippen LogP contribution in [0.3, 0.4) is 0 Å². The van der Waals surface area contributed by atoms with E-state index in [1.165, 1.54) is 17.3 Å². The van der Waals surface area contributed by atoms with Crippen molar-refractivity contribution >= 4 is 21.6 Å². The summed E-state index contributed by atoms with van der Waals surface area (Å²) in [5.74, 6) is 1.99. The molecule has 0 bridgehead atoms. The van der Waals surface area contributed by atoms with Crippen LogP contribution in [0.5, 0.6) is 0 Å². The average Bonchev–Trinajstić information content (AvgIpc) is 3.18. The summed E-state index contributed by atoms with van der Waals surface area (Å²) < 4.78 is 34.2. The molecule has 8 heteroatoms. The second-order valence-corrected chi connectivity index (χ2v) is 9.45. The first-order valence-electron chi connectivity index (χ1n) is 8.38. The third-order valence-corrected chi connectivity index (χ3v) is 6.75. The zero-order valence-corrected chi connectivity index (χ0v) is 15.6. The Bertz CT molecular complexity index is 762. The molecular formula is C17H22N2O4S2. The highest BCUT2D eigenvalue weighted by Gasteiger charge is 2.29. The Labute approximate surface area is 152 Å². The molecule has 0 amide bonds. The lowest BCUT2D eigenvalue weighted by molar-refractivity contribution is 0.122. The highest BCUT2D eigenvalue weighted by atomic mass is 32.2. The van der Waals surface area contributed by atoms with Crippen molar-refractivity contribution in [3.05, 3.63) is 41.8 Å². The van der Waals surface area contributed by atoms with Crippen LogP contribution in [0.1, 0.15) is 24.3 Å². The zero-order chi connectivity index (χ0) is 17.5. The van der Waals surface area contributed by atoms with Crippen molar-refractivity contribution in [2.45, 2.75) is 31.1 Å². The predicted molar refractivity (Wildman–Crippen MR) is 96.2 cm³/mol. The predicted octanol–water partition coefficient (Wildman–Crippen LogP) is 2.75. The third-order valence-electron chi connectivity index (χ3n) is 4.01. The molecule has 0 unspecified atom stereocenters. The maximum atomic E-state index is 11.5. The molecule has 1 atom stereocenters. The van der Waals surface area contributed by atoms with Crippen molar-refractivity contribution in [1.29, 1.82) is 0 Å². The maximum Gasteiger partial charge on any atom is 0.276 e. The first-order valence-corrected chi connectivity index (χ1v) is 11.2. The third kappa shape index (κ3) is 6.13. The van der Waals surface area contributed by atoms with E-state index in [2.05, 4.69) is 10.2 Å². The molecule has 2 aromatic rings. The summed E-state index contributed by atoms with van der Waals surface area (Å²) in [6.45, 7) is 1.31. The smallest absolute Gasteiger partial charge is 0.276 e. The molecule has 25 heavy (non-hydrogen) atoms. The SMILES string of the molecule is O=S1(=O)CC[C@H](Cc2nnc(SCCCOCc3ccccc3)o2)C1. The molecule has 1 aromatic heterocycles. The van der Waals surface area contributed by atoms with Crippen molar-refractivity contribution in [3.63, 3.8) is 0 Å². The van der Waals surface area contributed by atoms with E-state index in [0.717, 1.165) is 12.2 Å². The first-order chi connectivity index (χ1) is 12.1. The molecule has 1 aliphatic heterocycles. The van der Waals surface area contributed by atoms with Crippen LogP contribution in [0, 0.1) is 5.92 Å². The fourth-order valence-corrected chi connectivity index (χ4v) is 5.30. The molecule has 0 N–H and O–H groups in total. The van der Waals surface area contributed by atoms with E-state index < -0.39 is 9.84 Å². The number of hydrogen-bond donors (Lipinski definition) is 0. The Kier molecular flexibility index (Phi) is 6.50. The number of aromatic nitrogens is 2. The second kappa shape index (κ2) is 8.82. The lowest BCUT2D eigenvalue weighted by atomic mass is 10.1. The number of sulfone groups is 1. The minimum Gasteiger partial charge on any atom is -0.416 e. The Morgan fingerprint density at radius 1 is 1.24 bits per heavy atom. The summed E-state index contributed by atoms with van der Waals surface area (Å²) in [5.41, 5.74) is 1.17. The Hall–Kier alpha value is -1.38. The highest BCUT2D eigenvalue weighted by molar-refractivity contribution is 7.99. The van der Waals surface area contributed by atoms with Crippen molar-refractivity contribution in [2.24, 2.45) is 5.92 Å². The van der Waals surface area contributed by atoms with E-state index in [1.54, 1.807) is 0 Å². The minimum absolute atomic E-state index is 0.106. The number of nitrogens with zero attached hydrogens (tertiary/aromatic N) is 2. The number of rotatable bonds is 9. The molecule has 0 radical (unpaired) electrons. The first kappa shape index (κ1) is 18.4. The molecular weight excluding hydrogens is 360 g/mol. The monoisotopic (exact) mass is 382 g/mol. The van der Waals surface area contributed by atoms with Gasteiger partial charge >= 0.3 is 0 Å². The van der Waals surface area contributed by atoms with Gasteiger partial charge in [0.15, 0.2) is 9.84 Å². The molecule has 136 valence electrons. The van der Waals surface area contributed by atoms with E-state index >= 15 is 0 Å². The molecule has 0 spiro atoms. The Balaban J connectivity index is 1.31. The second-order valence-electron chi connectivity index (χ2n) is 6.18. The quantitative estimate of drug-likeness (QED) is 0.487. The summed E-state index contributed by atoms with van der Waals surface area (Å²) in [6.07, 6.45) is 2.13. The molecule has 1 aromatic carbocycles. The maximum absolute atomic E-state index is 11.5. The Morgan fingerprint density at radius 2 is 2.08 bits per heavy atom. The van der Waals surface area contributed by atoms with Gasteiger partial charge in [-0.25, -0.2) is 8.42 Å². The van der Waals surface area contributed by atoms with Crippen LogP contribution >= 0.6 is 11.8 Å². The van der Waals surface area contributed by atoms with Gasteiger partial charge in [0.2, 0.25) is 5.89 Å². The van der Waals surface area contributed by atoms with Gasteiger partial charge in [-0.2, -0.15) is 0 Å². The number of hydrogen-bond acceptors (Lipinski definition) is 7. The lowest BCUT2D eigenvalue weighted by Gasteiger charge is -2.03. The zero-order valence-electron chi connectivity index (χ0n) is 14.0. The van der Waals surface area contributed by atoms with Gasteiger partial charge in [0, 0.05) is 18.8 Å².